The highest BCUT2D eigenvalue weighted by atomic mass is 16.5. The van der Waals surface area contributed by atoms with Crippen LogP contribution in [0.3, 0.4) is 0 Å². The van der Waals surface area contributed by atoms with Crippen LogP contribution in [-0.4, -0.2) is 43.5 Å². The van der Waals surface area contributed by atoms with Crippen molar-refractivity contribution >= 4 is 0 Å². The van der Waals surface area contributed by atoms with Gasteiger partial charge in [-0.15, -0.1) is 0 Å². The molecule has 0 saturated heterocycles. The van der Waals surface area contributed by atoms with Crippen LogP contribution in [0.1, 0.15) is 29.2 Å². The summed E-state index contributed by atoms with van der Waals surface area (Å²) in [7, 11) is 6.46. The van der Waals surface area contributed by atoms with Crippen molar-refractivity contribution in [1.82, 2.24) is 4.90 Å². The van der Waals surface area contributed by atoms with Crippen molar-refractivity contribution in [2.24, 2.45) is 0 Å². The molecule has 0 unspecified atom stereocenters. The maximum atomic E-state index is 13.0. The summed E-state index contributed by atoms with van der Waals surface area (Å²) in [6, 6.07) is 13.9. The third kappa shape index (κ3) is 4.15. The Kier molecular flexibility index (Phi) is 6.65. The van der Waals surface area contributed by atoms with E-state index >= 15 is 0 Å². The summed E-state index contributed by atoms with van der Waals surface area (Å²) in [5, 5.41) is 20.9. The van der Waals surface area contributed by atoms with Crippen LogP contribution in [0, 0.1) is 0 Å². The lowest BCUT2D eigenvalue weighted by molar-refractivity contribution is 0.223. The standard InChI is InChI=1S/C27H29NO6/c1-28(15-17-7-5-6-8-21(17)29)20-11-9-16-13-23(31)26(33-3)27(34-4)25(16)18-10-12-24(32-2)22(30)14-19(18)20/h5-8,10,12-14,20,29,31H,9,11,15H2,1-4H3/t20-/m0/s1. The number of nitrogens with zero attached hydrogens (tertiary/aromatic N) is 1. The third-order valence-corrected chi connectivity index (χ3v) is 6.43. The first-order chi connectivity index (χ1) is 16.4. The molecule has 7 nitrogen and oxygen atoms in total. The van der Waals surface area contributed by atoms with E-state index in [2.05, 4.69) is 4.90 Å². The van der Waals surface area contributed by atoms with Crippen LogP contribution < -0.4 is 19.6 Å². The molecule has 178 valence electrons. The van der Waals surface area contributed by atoms with Crippen molar-refractivity contribution in [2.45, 2.75) is 25.4 Å². The van der Waals surface area contributed by atoms with Crippen molar-refractivity contribution in [1.29, 1.82) is 0 Å². The SMILES string of the molecule is COc1c(O)cc2c(c1OC)-c1ccc(OC)c(=O)cc1[C@@H](N(C)Cc1ccccc1O)CC2. The number of aromatic hydroxyl groups is 2. The van der Waals surface area contributed by atoms with Gasteiger partial charge in [-0.25, -0.2) is 0 Å². The minimum atomic E-state index is -0.224. The van der Waals surface area contributed by atoms with Crippen molar-refractivity contribution in [3.63, 3.8) is 0 Å². The van der Waals surface area contributed by atoms with Gasteiger partial charge in [-0.1, -0.05) is 24.3 Å². The van der Waals surface area contributed by atoms with E-state index in [4.69, 9.17) is 14.2 Å². The van der Waals surface area contributed by atoms with Crippen LogP contribution in [0.5, 0.6) is 28.7 Å². The second kappa shape index (κ2) is 9.65. The maximum absolute atomic E-state index is 13.0. The monoisotopic (exact) mass is 463 g/mol. The van der Waals surface area contributed by atoms with Gasteiger partial charge in [0.25, 0.3) is 0 Å². The molecule has 0 aromatic heterocycles. The van der Waals surface area contributed by atoms with Gasteiger partial charge in [-0.2, -0.15) is 0 Å². The fourth-order valence-electron chi connectivity index (χ4n) is 4.79. The number of ether oxygens (including phenoxy) is 3. The summed E-state index contributed by atoms with van der Waals surface area (Å²) in [6.45, 7) is 0.489. The molecular formula is C27H29NO6. The van der Waals surface area contributed by atoms with Gasteiger partial charge in [0.1, 0.15) is 5.75 Å². The molecule has 4 rings (SSSR count). The summed E-state index contributed by atoms with van der Waals surface area (Å²) in [6.07, 6.45) is 1.33. The lowest BCUT2D eigenvalue weighted by Crippen LogP contribution is -2.25. The number of hydrogen-bond donors (Lipinski definition) is 2. The maximum Gasteiger partial charge on any atom is 0.220 e. The topological polar surface area (TPSA) is 88.5 Å². The molecule has 0 aliphatic heterocycles. The summed E-state index contributed by atoms with van der Waals surface area (Å²) in [5.74, 6) is 1.13. The molecule has 34 heavy (non-hydrogen) atoms. The van der Waals surface area contributed by atoms with Gasteiger partial charge in [0, 0.05) is 23.7 Å². The van der Waals surface area contributed by atoms with Gasteiger partial charge in [-0.05, 0) is 60.8 Å². The number of rotatable bonds is 6. The van der Waals surface area contributed by atoms with Crippen LogP contribution >= 0.6 is 0 Å². The highest BCUT2D eigenvalue weighted by Gasteiger charge is 2.30. The third-order valence-electron chi connectivity index (χ3n) is 6.43. The Morgan fingerprint density at radius 1 is 0.941 bits per heavy atom. The summed E-state index contributed by atoms with van der Waals surface area (Å²) >= 11 is 0. The average molecular weight is 464 g/mol. The Balaban J connectivity index is 1.95. The Bertz CT molecular complexity index is 1270. The molecular weight excluding hydrogens is 434 g/mol. The molecule has 0 bridgehead atoms. The Labute approximate surface area is 198 Å². The van der Waals surface area contributed by atoms with E-state index < -0.39 is 0 Å². The van der Waals surface area contributed by atoms with Gasteiger partial charge in [0.15, 0.2) is 17.2 Å². The molecule has 3 aromatic carbocycles. The van der Waals surface area contributed by atoms with Crippen LogP contribution in [-0.2, 0) is 13.0 Å². The van der Waals surface area contributed by atoms with Crippen LogP contribution in [0.4, 0.5) is 0 Å². The molecule has 0 fully saturated rings. The van der Waals surface area contributed by atoms with Crippen LogP contribution in [0.25, 0.3) is 11.1 Å². The predicted molar refractivity (Wildman–Crippen MR) is 130 cm³/mol. The first kappa shape index (κ1) is 23.4. The number of fused-ring (bicyclic) bond motifs is 3. The van der Waals surface area contributed by atoms with Crippen LogP contribution in [0.2, 0.25) is 0 Å². The minimum absolute atomic E-state index is 0.00284. The molecule has 0 radical (unpaired) electrons. The van der Waals surface area contributed by atoms with E-state index in [0.717, 1.165) is 27.8 Å². The number of phenolic OH excluding ortho intramolecular Hbond substituents is 2. The zero-order valence-corrected chi connectivity index (χ0v) is 19.8. The summed E-state index contributed by atoms with van der Waals surface area (Å²) in [5.41, 5.74) is 3.87. The van der Waals surface area contributed by atoms with Gasteiger partial charge >= 0.3 is 0 Å². The van der Waals surface area contributed by atoms with Gasteiger partial charge in [0.2, 0.25) is 11.2 Å². The Morgan fingerprint density at radius 3 is 2.35 bits per heavy atom. The highest BCUT2D eigenvalue weighted by Crippen LogP contribution is 2.50. The number of benzene rings is 2. The number of para-hydroxylation sites is 1. The van der Waals surface area contributed by atoms with Gasteiger partial charge in [-0.3, -0.25) is 9.69 Å². The van der Waals surface area contributed by atoms with Gasteiger partial charge < -0.3 is 24.4 Å². The van der Waals surface area contributed by atoms with E-state index in [1.807, 2.05) is 25.2 Å². The van der Waals surface area contributed by atoms with Crippen molar-refractivity contribution < 1.29 is 24.4 Å². The zero-order chi connectivity index (χ0) is 24.4. The van der Waals surface area contributed by atoms with Gasteiger partial charge in [0.05, 0.1) is 21.3 Å². The van der Waals surface area contributed by atoms with E-state index in [1.165, 1.54) is 21.3 Å². The minimum Gasteiger partial charge on any atom is -0.508 e. The summed E-state index contributed by atoms with van der Waals surface area (Å²) < 4.78 is 16.5. The Hall–Kier alpha value is -3.71. The molecule has 1 aliphatic rings. The molecule has 0 amide bonds. The van der Waals surface area contributed by atoms with E-state index in [0.29, 0.717) is 25.1 Å². The predicted octanol–water partition coefficient (Wildman–Crippen LogP) is 4.27. The van der Waals surface area contributed by atoms with E-state index in [9.17, 15) is 15.0 Å². The van der Waals surface area contributed by atoms with Crippen molar-refractivity contribution in [3.8, 4) is 39.9 Å². The smallest absolute Gasteiger partial charge is 0.220 e. The molecule has 0 heterocycles. The molecule has 0 spiro atoms. The van der Waals surface area contributed by atoms with Crippen LogP contribution in [0.15, 0.2) is 53.3 Å². The lowest BCUT2D eigenvalue weighted by Gasteiger charge is -2.28. The number of methoxy groups -OCH3 is 3. The first-order valence-electron chi connectivity index (χ1n) is 11.1. The molecule has 7 heteroatoms. The second-order valence-electron chi connectivity index (χ2n) is 8.37. The molecule has 0 saturated carbocycles. The average Bonchev–Trinajstić information content (AvgIpc) is 3.07. The molecule has 1 atom stereocenters. The normalized spacial score (nSPS) is 14.7. The largest absolute Gasteiger partial charge is 0.508 e. The fourth-order valence-corrected chi connectivity index (χ4v) is 4.79. The fraction of sp³-hybridized carbons (Fsp3) is 0.296. The summed E-state index contributed by atoms with van der Waals surface area (Å²) in [4.78, 5) is 15.1. The first-order valence-corrected chi connectivity index (χ1v) is 11.1. The number of aryl methyl sites for hydroxylation is 1. The number of phenols is 2. The molecule has 3 aromatic rings. The zero-order valence-electron chi connectivity index (χ0n) is 19.8. The lowest BCUT2D eigenvalue weighted by atomic mass is 9.95. The molecule has 2 N–H and O–H groups in total. The van der Waals surface area contributed by atoms with E-state index in [1.54, 1.807) is 30.3 Å². The number of hydrogen-bond acceptors (Lipinski definition) is 7. The Morgan fingerprint density at radius 2 is 1.68 bits per heavy atom. The van der Waals surface area contributed by atoms with E-state index in [-0.39, 0.29) is 34.5 Å². The highest BCUT2D eigenvalue weighted by molar-refractivity contribution is 5.82. The van der Waals surface area contributed by atoms with Crippen molar-refractivity contribution in [2.75, 3.05) is 28.4 Å². The second-order valence-corrected chi connectivity index (χ2v) is 8.37. The molecule has 1 aliphatic carbocycles. The van der Waals surface area contributed by atoms with Crippen molar-refractivity contribution in [3.05, 3.63) is 75.4 Å². The quantitative estimate of drug-likeness (QED) is 0.564.